The zero-order chi connectivity index (χ0) is 10.8. The van der Waals surface area contributed by atoms with Gasteiger partial charge < -0.3 is 10.8 Å². The molecule has 0 aliphatic rings. The van der Waals surface area contributed by atoms with E-state index in [1.54, 1.807) is 0 Å². The Morgan fingerprint density at radius 3 is 2.93 bits per heavy atom. The first-order valence-electron chi connectivity index (χ1n) is 4.49. The van der Waals surface area contributed by atoms with Gasteiger partial charge in [0.15, 0.2) is 0 Å². The minimum Gasteiger partial charge on any atom is -0.481 e. The number of aromatic nitrogens is 1. The van der Waals surface area contributed by atoms with Crippen LogP contribution in [0.1, 0.15) is 17.5 Å². The first-order chi connectivity index (χ1) is 7.16. The maximum atomic E-state index is 10.5. The van der Waals surface area contributed by atoms with E-state index >= 15 is 0 Å². The maximum Gasteiger partial charge on any atom is 0.305 e. The van der Waals surface area contributed by atoms with Crippen molar-refractivity contribution in [2.24, 2.45) is 5.73 Å². The van der Waals surface area contributed by atoms with Crippen LogP contribution in [-0.4, -0.2) is 16.1 Å². The SMILES string of the molecule is N[C@H](CC(=O)O)c1nc2ccccc2s1. The van der Waals surface area contributed by atoms with Gasteiger partial charge in [0.2, 0.25) is 0 Å². The summed E-state index contributed by atoms with van der Waals surface area (Å²) in [4.78, 5) is 14.8. The van der Waals surface area contributed by atoms with E-state index in [-0.39, 0.29) is 6.42 Å². The van der Waals surface area contributed by atoms with Crippen molar-refractivity contribution in [2.75, 3.05) is 0 Å². The van der Waals surface area contributed by atoms with E-state index in [9.17, 15) is 4.79 Å². The molecular formula is C10H10N2O2S. The van der Waals surface area contributed by atoms with Crippen molar-refractivity contribution in [3.63, 3.8) is 0 Å². The molecule has 0 unspecified atom stereocenters. The number of fused-ring (bicyclic) bond motifs is 1. The molecule has 3 N–H and O–H groups in total. The van der Waals surface area contributed by atoms with E-state index in [1.165, 1.54) is 11.3 Å². The van der Waals surface area contributed by atoms with E-state index in [1.807, 2.05) is 24.3 Å². The van der Waals surface area contributed by atoms with Crippen molar-refractivity contribution < 1.29 is 9.90 Å². The lowest BCUT2D eigenvalue weighted by Gasteiger charge is -2.02. The van der Waals surface area contributed by atoms with Gasteiger partial charge in [-0.15, -0.1) is 11.3 Å². The maximum absolute atomic E-state index is 10.5. The van der Waals surface area contributed by atoms with E-state index in [0.29, 0.717) is 5.01 Å². The first-order valence-corrected chi connectivity index (χ1v) is 5.31. The number of carbonyl (C=O) groups is 1. The molecule has 1 heterocycles. The third-order valence-electron chi connectivity index (χ3n) is 2.02. The quantitative estimate of drug-likeness (QED) is 0.829. The largest absolute Gasteiger partial charge is 0.481 e. The molecule has 0 spiro atoms. The number of hydrogen-bond donors (Lipinski definition) is 2. The lowest BCUT2D eigenvalue weighted by molar-refractivity contribution is -0.137. The number of rotatable bonds is 3. The Kier molecular flexibility index (Phi) is 2.66. The summed E-state index contributed by atoms with van der Waals surface area (Å²) < 4.78 is 1.04. The summed E-state index contributed by atoms with van der Waals surface area (Å²) in [6, 6.07) is 7.15. The fourth-order valence-corrected chi connectivity index (χ4v) is 2.29. The number of carboxylic acids is 1. The van der Waals surface area contributed by atoms with Crippen molar-refractivity contribution >= 4 is 27.5 Å². The summed E-state index contributed by atoms with van der Waals surface area (Å²) >= 11 is 1.45. The van der Waals surface area contributed by atoms with Crippen LogP contribution in [0.15, 0.2) is 24.3 Å². The van der Waals surface area contributed by atoms with Gasteiger partial charge in [0.25, 0.3) is 0 Å². The lowest BCUT2D eigenvalue weighted by Crippen LogP contribution is -2.14. The molecular weight excluding hydrogens is 212 g/mol. The van der Waals surface area contributed by atoms with Crippen molar-refractivity contribution in [2.45, 2.75) is 12.5 Å². The Bertz CT molecular complexity index is 462. The molecule has 1 atom stereocenters. The second kappa shape index (κ2) is 3.96. The average Bonchev–Trinajstić information content (AvgIpc) is 2.59. The van der Waals surface area contributed by atoms with Gasteiger partial charge in [0, 0.05) is 0 Å². The topological polar surface area (TPSA) is 76.2 Å². The highest BCUT2D eigenvalue weighted by Gasteiger charge is 2.14. The number of hydrogen-bond acceptors (Lipinski definition) is 4. The summed E-state index contributed by atoms with van der Waals surface area (Å²) in [7, 11) is 0. The van der Waals surface area contributed by atoms with E-state index in [2.05, 4.69) is 4.98 Å². The highest BCUT2D eigenvalue weighted by atomic mass is 32.1. The summed E-state index contributed by atoms with van der Waals surface area (Å²) in [5.74, 6) is -0.901. The Hall–Kier alpha value is -1.46. The molecule has 0 radical (unpaired) electrons. The van der Waals surface area contributed by atoms with Crippen LogP contribution in [0.3, 0.4) is 0 Å². The van der Waals surface area contributed by atoms with Crippen LogP contribution in [0.5, 0.6) is 0 Å². The molecule has 1 aromatic heterocycles. The minimum absolute atomic E-state index is 0.0835. The third-order valence-corrected chi connectivity index (χ3v) is 3.19. The smallest absolute Gasteiger partial charge is 0.305 e. The predicted octanol–water partition coefficient (Wildman–Crippen LogP) is 1.77. The molecule has 0 saturated carbocycles. The fourth-order valence-electron chi connectivity index (χ4n) is 1.32. The van der Waals surface area contributed by atoms with Gasteiger partial charge in [0.05, 0.1) is 22.7 Å². The number of carboxylic acid groups (broad SMARTS) is 1. The van der Waals surface area contributed by atoms with Gasteiger partial charge in [-0.25, -0.2) is 4.98 Å². The number of benzene rings is 1. The highest BCUT2D eigenvalue weighted by molar-refractivity contribution is 7.18. The molecule has 15 heavy (non-hydrogen) atoms. The molecule has 78 valence electrons. The first kappa shape index (κ1) is 10.1. The van der Waals surface area contributed by atoms with Crippen LogP contribution >= 0.6 is 11.3 Å². The minimum atomic E-state index is -0.901. The van der Waals surface area contributed by atoms with Gasteiger partial charge in [-0.05, 0) is 12.1 Å². The molecule has 2 rings (SSSR count). The molecule has 4 nitrogen and oxygen atoms in total. The molecule has 0 amide bonds. The van der Waals surface area contributed by atoms with Gasteiger partial charge >= 0.3 is 5.97 Å². The van der Waals surface area contributed by atoms with E-state index < -0.39 is 12.0 Å². The summed E-state index contributed by atoms with van der Waals surface area (Å²) in [5.41, 5.74) is 6.60. The van der Waals surface area contributed by atoms with Crippen LogP contribution in [0.2, 0.25) is 0 Å². The van der Waals surface area contributed by atoms with Crippen molar-refractivity contribution in [3.05, 3.63) is 29.3 Å². The van der Waals surface area contributed by atoms with Crippen LogP contribution in [0.25, 0.3) is 10.2 Å². The standard InChI is InChI=1S/C10H10N2O2S/c11-6(5-9(13)14)10-12-7-3-1-2-4-8(7)15-10/h1-4,6H,5,11H2,(H,13,14)/t6-/m1/s1. The molecule has 0 fully saturated rings. The highest BCUT2D eigenvalue weighted by Crippen LogP contribution is 2.26. The lowest BCUT2D eigenvalue weighted by atomic mass is 10.2. The third kappa shape index (κ3) is 2.14. The van der Waals surface area contributed by atoms with E-state index in [4.69, 9.17) is 10.8 Å². The van der Waals surface area contributed by atoms with Gasteiger partial charge in [-0.2, -0.15) is 0 Å². The summed E-state index contributed by atoms with van der Waals surface area (Å²) in [6.45, 7) is 0. The number of thiazole rings is 1. The molecule has 0 bridgehead atoms. The van der Waals surface area contributed by atoms with Crippen molar-refractivity contribution in [1.29, 1.82) is 0 Å². The van der Waals surface area contributed by atoms with Gasteiger partial charge in [0.1, 0.15) is 5.01 Å². The van der Waals surface area contributed by atoms with Crippen molar-refractivity contribution in [1.82, 2.24) is 4.98 Å². The fraction of sp³-hybridized carbons (Fsp3) is 0.200. The Morgan fingerprint density at radius 1 is 1.53 bits per heavy atom. The Morgan fingerprint density at radius 2 is 2.27 bits per heavy atom. The second-order valence-corrected chi connectivity index (χ2v) is 4.29. The van der Waals surface area contributed by atoms with Crippen molar-refractivity contribution in [3.8, 4) is 0 Å². The molecule has 0 aliphatic heterocycles. The van der Waals surface area contributed by atoms with Crippen LogP contribution in [0.4, 0.5) is 0 Å². The van der Waals surface area contributed by atoms with E-state index in [0.717, 1.165) is 10.2 Å². The molecule has 5 heteroatoms. The summed E-state index contributed by atoms with van der Waals surface area (Å²) in [5, 5.41) is 9.30. The number of nitrogens with two attached hydrogens (primary N) is 1. The van der Waals surface area contributed by atoms with Gasteiger partial charge in [-0.1, -0.05) is 12.1 Å². The zero-order valence-electron chi connectivity index (χ0n) is 7.88. The molecule has 0 saturated heterocycles. The molecule has 1 aromatic carbocycles. The van der Waals surface area contributed by atoms with Gasteiger partial charge in [-0.3, -0.25) is 4.79 Å². The number of para-hydroxylation sites is 1. The normalized spacial score (nSPS) is 12.9. The predicted molar refractivity (Wildman–Crippen MR) is 58.8 cm³/mol. The number of nitrogens with zero attached hydrogens (tertiary/aromatic N) is 1. The average molecular weight is 222 g/mol. The number of aliphatic carboxylic acids is 1. The summed E-state index contributed by atoms with van der Waals surface area (Å²) in [6.07, 6.45) is -0.0835. The second-order valence-electron chi connectivity index (χ2n) is 3.22. The molecule has 2 aromatic rings. The zero-order valence-corrected chi connectivity index (χ0v) is 8.70. The van der Waals surface area contributed by atoms with Crippen LogP contribution in [0, 0.1) is 0 Å². The Labute approximate surface area is 90.4 Å². The van der Waals surface area contributed by atoms with Crippen LogP contribution < -0.4 is 5.73 Å². The molecule has 0 aliphatic carbocycles. The monoisotopic (exact) mass is 222 g/mol. The Balaban J connectivity index is 2.32. The van der Waals surface area contributed by atoms with Crippen LogP contribution in [-0.2, 0) is 4.79 Å².